The molecule has 2 aliphatic heterocycles. The second-order valence-electron chi connectivity index (χ2n) is 6.72. The number of urea groups is 1. The van der Waals surface area contributed by atoms with Crippen molar-refractivity contribution in [2.24, 2.45) is 11.8 Å². The number of nitrogens with one attached hydrogen (secondary N) is 3. The van der Waals surface area contributed by atoms with Gasteiger partial charge in [-0.15, -0.1) is 0 Å². The van der Waals surface area contributed by atoms with Crippen LogP contribution in [-0.4, -0.2) is 58.8 Å². The molecule has 1 aliphatic carbocycles. The Kier molecular flexibility index (Phi) is 3.82. The minimum absolute atomic E-state index is 0.00903. The number of hydrogen-bond donors (Lipinski definition) is 4. The van der Waals surface area contributed by atoms with Crippen molar-refractivity contribution >= 4 is 17.9 Å². The van der Waals surface area contributed by atoms with Crippen LogP contribution in [0.25, 0.3) is 0 Å². The lowest BCUT2D eigenvalue weighted by Crippen LogP contribution is -2.79. The molecule has 0 radical (unpaired) electrons. The van der Waals surface area contributed by atoms with Gasteiger partial charge in [-0.2, -0.15) is 0 Å². The van der Waals surface area contributed by atoms with E-state index in [4.69, 9.17) is 0 Å². The number of fused-ring (bicyclic) bond motifs is 2. The summed E-state index contributed by atoms with van der Waals surface area (Å²) in [5.41, 5.74) is 0. The number of carboxylic acids is 1. The average molecular weight is 310 g/mol. The minimum Gasteiger partial charge on any atom is -0.480 e. The number of hydrogen-bond acceptors (Lipinski definition) is 5. The fourth-order valence-corrected chi connectivity index (χ4v) is 3.95. The fourth-order valence-electron chi connectivity index (χ4n) is 3.95. The second kappa shape index (κ2) is 5.51. The highest BCUT2D eigenvalue weighted by Crippen LogP contribution is 2.36. The molecular weight excluding hydrogens is 288 g/mol. The van der Waals surface area contributed by atoms with Crippen molar-refractivity contribution in [3.63, 3.8) is 0 Å². The van der Waals surface area contributed by atoms with E-state index in [0.29, 0.717) is 11.8 Å². The SMILES string of the molecule is CC1CC2NC3C(=O)NC(=O)NC3N(CC(=O)O)C2CC1C. The quantitative estimate of drug-likeness (QED) is 0.537. The summed E-state index contributed by atoms with van der Waals surface area (Å²) in [5, 5.41) is 17.5. The second-order valence-corrected chi connectivity index (χ2v) is 6.72. The fraction of sp³-hybridized carbons (Fsp3) is 0.786. The van der Waals surface area contributed by atoms with E-state index in [1.54, 1.807) is 4.90 Å². The van der Waals surface area contributed by atoms with Crippen LogP contribution in [0.3, 0.4) is 0 Å². The number of carbonyl (C=O) groups is 3. The van der Waals surface area contributed by atoms with Gasteiger partial charge in [-0.25, -0.2) is 4.79 Å². The van der Waals surface area contributed by atoms with Crippen LogP contribution in [0.1, 0.15) is 26.7 Å². The normalized spacial score (nSPS) is 41.9. The monoisotopic (exact) mass is 310 g/mol. The third-order valence-electron chi connectivity index (χ3n) is 5.28. The Balaban J connectivity index is 1.90. The summed E-state index contributed by atoms with van der Waals surface area (Å²) < 4.78 is 0. The molecule has 0 spiro atoms. The molecule has 0 aromatic carbocycles. The maximum Gasteiger partial charge on any atom is 0.322 e. The van der Waals surface area contributed by atoms with Gasteiger partial charge in [0.15, 0.2) is 0 Å². The largest absolute Gasteiger partial charge is 0.480 e. The summed E-state index contributed by atoms with van der Waals surface area (Å²) in [6.07, 6.45) is 1.14. The maximum absolute atomic E-state index is 12.1. The van der Waals surface area contributed by atoms with Crippen LogP contribution in [0, 0.1) is 11.8 Å². The Bertz CT molecular complexity index is 511. The van der Waals surface area contributed by atoms with Crippen LogP contribution in [0.4, 0.5) is 4.79 Å². The summed E-state index contributed by atoms with van der Waals surface area (Å²) >= 11 is 0. The smallest absolute Gasteiger partial charge is 0.322 e. The highest BCUT2D eigenvalue weighted by Gasteiger charge is 2.51. The molecule has 2 saturated heterocycles. The summed E-state index contributed by atoms with van der Waals surface area (Å²) in [6.45, 7) is 4.16. The van der Waals surface area contributed by atoms with Gasteiger partial charge in [-0.05, 0) is 24.7 Å². The molecule has 3 aliphatic rings. The molecule has 22 heavy (non-hydrogen) atoms. The van der Waals surface area contributed by atoms with Gasteiger partial charge in [0.2, 0.25) is 5.91 Å². The molecule has 1 saturated carbocycles. The first kappa shape index (κ1) is 15.2. The van der Waals surface area contributed by atoms with Gasteiger partial charge >= 0.3 is 12.0 Å². The van der Waals surface area contributed by atoms with Crippen LogP contribution in [0.5, 0.6) is 0 Å². The zero-order valence-electron chi connectivity index (χ0n) is 12.7. The Morgan fingerprint density at radius 2 is 1.95 bits per heavy atom. The molecule has 0 aromatic rings. The zero-order valence-corrected chi connectivity index (χ0v) is 12.7. The number of aliphatic carboxylic acids is 1. The van der Waals surface area contributed by atoms with Crippen molar-refractivity contribution in [3.8, 4) is 0 Å². The zero-order chi connectivity index (χ0) is 16.0. The number of piperazine rings is 1. The van der Waals surface area contributed by atoms with E-state index >= 15 is 0 Å². The highest BCUT2D eigenvalue weighted by molar-refractivity contribution is 6.00. The highest BCUT2D eigenvalue weighted by atomic mass is 16.4. The van der Waals surface area contributed by atoms with Crippen LogP contribution >= 0.6 is 0 Å². The Hall–Kier alpha value is -1.67. The van der Waals surface area contributed by atoms with Crippen molar-refractivity contribution < 1.29 is 19.5 Å². The van der Waals surface area contributed by atoms with Crippen LogP contribution in [-0.2, 0) is 9.59 Å². The molecule has 0 bridgehead atoms. The minimum atomic E-state index is -0.953. The van der Waals surface area contributed by atoms with E-state index in [1.165, 1.54) is 0 Å². The van der Waals surface area contributed by atoms with E-state index in [9.17, 15) is 19.5 Å². The lowest BCUT2D eigenvalue weighted by Gasteiger charge is -2.54. The summed E-state index contributed by atoms with van der Waals surface area (Å²) in [7, 11) is 0. The number of imide groups is 1. The van der Waals surface area contributed by atoms with Crippen molar-refractivity contribution in [2.75, 3.05) is 6.54 Å². The first-order chi connectivity index (χ1) is 10.4. The van der Waals surface area contributed by atoms with Gasteiger partial charge in [0.05, 0.1) is 6.54 Å². The number of rotatable bonds is 2. The van der Waals surface area contributed by atoms with E-state index in [0.717, 1.165) is 12.8 Å². The van der Waals surface area contributed by atoms with Gasteiger partial charge in [0.25, 0.3) is 0 Å². The van der Waals surface area contributed by atoms with E-state index < -0.39 is 30.1 Å². The Morgan fingerprint density at radius 1 is 1.27 bits per heavy atom. The molecule has 0 aromatic heterocycles. The Labute approximate surface area is 128 Å². The standard InChI is InChI=1S/C14H22N4O4/c1-6-3-8-9(4-7(6)2)18(5-10(19)20)12-11(15-8)13(21)17-14(22)16-12/h6-9,11-12,15H,3-5H2,1-2H3,(H,19,20)(H2,16,17,21,22). The molecule has 6 atom stereocenters. The van der Waals surface area contributed by atoms with E-state index in [1.807, 2.05) is 0 Å². The topological polar surface area (TPSA) is 111 Å². The third-order valence-corrected chi connectivity index (χ3v) is 5.28. The van der Waals surface area contributed by atoms with Gasteiger partial charge in [-0.3, -0.25) is 25.1 Å². The predicted molar refractivity (Wildman–Crippen MR) is 76.9 cm³/mol. The molecule has 8 nitrogen and oxygen atoms in total. The summed E-state index contributed by atoms with van der Waals surface area (Å²) in [5.74, 6) is -0.359. The lowest BCUT2D eigenvalue weighted by molar-refractivity contribution is -0.145. The van der Waals surface area contributed by atoms with Crippen molar-refractivity contribution in [1.82, 2.24) is 20.9 Å². The van der Waals surface area contributed by atoms with Crippen LogP contribution < -0.4 is 16.0 Å². The summed E-state index contributed by atoms with van der Waals surface area (Å²) in [6, 6.07) is -1.11. The molecule has 3 amide bonds. The van der Waals surface area contributed by atoms with Gasteiger partial charge in [-0.1, -0.05) is 13.8 Å². The maximum atomic E-state index is 12.1. The molecule has 3 rings (SSSR count). The molecule has 2 heterocycles. The van der Waals surface area contributed by atoms with Crippen molar-refractivity contribution in [1.29, 1.82) is 0 Å². The van der Waals surface area contributed by atoms with Crippen molar-refractivity contribution in [3.05, 3.63) is 0 Å². The van der Waals surface area contributed by atoms with Gasteiger partial charge in [0, 0.05) is 12.1 Å². The van der Waals surface area contributed by atoms with Crippen LogP contribution in [0.15, 0.2) is 0 Å². The number of carbonyl (C=O) groups excluding carboxylic acids is 2. The van der Waals surface area contributed by atoms with Gasteiger partial charge in [0.1, 0.15) is 12.2 Å². The van der Waals surface area contributed by atoms with Crippen molar-refractivity contribution in [2.45, 2.75) is 51.0 Å². The molecule has 122 valence electrons. The van der Waals surface area contributed by atoms with Gasteiger partial charge < -0.3 is 10.4 Å². The molecule has 4 N–H and O–H groups in total. The number of nitrogens with zero attached hydrogens (tertiary/aromatic N) is 1. The van der Waals surface area contributed by atoms with E-state index in [-0.39, 0.29) is 18.6 Å². The van der Waals surface area contributed by atoms with Crippen LogP contribution in [0.2, 0.25) is 0 Å². The first-order valence-electron chi connectivity index (χ1n) is 7.71. The molecular formula is C14H22N4O4. The third kappa shape index (κ3) is 2.56. The molecule has 6 unspecified atom stereocenters. The first-order valence-corrected chi connectivity index (χ1v) is 7.71. The average Bonchev–Trinajstić information content (AvgIpc) is 2.41. The Morgan fingerprint density at radius 3 is 2.64 bits per heavy atom. The number of amides is 3. The predicted octanol–water partition coefficient (Wildman–Crippen LogP) is -0.686. The molecule has 8 heteroatoms. The summed E-state index contributed by atoms with van der Waals surface area (Å²) in [4.78, 5) is 36.7. The molecule has 3 fully saturated rings. The lowest BCUT2D eigenvalue weighted by atomic mass is 9.74. The number of carboxylic acid groups (broad SMARTS) is 1. The van der Waals surface area contributed by atoms with E-state index in [2.05, 4.69) is 29.8 Å².